The molecule has 4 N–H and O–H groups in total. The standard InChI is InChI=1S/C36H30ClF5N8O2S/c1-2-36(41,42)30(19-5-3-9-46-31(19)44)50-11-12-51-28-24-27(47-34(48-33(24)50)52-16-35-8-4-10-49(35)15-17(38)13-35)26(40)23(25(28)37)18-6-7-21(39)29-22(18)20(14-43)32(45)53-29/h2-3,5-7,9,17,30H,1,4,8,10-13,15-16,45H2,(H2,44,46)/t17-,30?,35+/m1/s1. The van der Waals surface area contributed by atoms with E-state index in [1.807, 2.05) is 11.0 Å². The van der Waals surface area contributed by atoms with E-state index in [-0.39, 0.29) is 104 Å². The molecular weight excluding hydrogens is 739 g/mol. The largest absolute Gasteiger partial charge is 0.489 e. The molecule has 17 heteroatoms. The summed E-state index contributed by atoms with van der Waals surface area (Å²) in [5, 5.41) is 9.56. The zero-order chi connectivity index (χ0) is 37.4. The van der Waals surface area contributed by atoms with Gasteiger partial charge < -0.3 is 25.8 Å². The van der Waals surface area contributed by atoms with Crippen LogP contribution >= 0.6 is 22.9 Å². The Bertz CT molecular complexity index is 2370. The number of nitrogens with two attached hydrogens (primary N) is 2. The lowest BCUT2D eigenvalue weighted by molar-refractivity contribution is 0.0221. The van der Waals surface area contributed by atoms with Gasteiger partial charge >= 0.3 is 6.01 Å². The van der Waals surface area contributed by atoms with E-state index < -0.39 is 40.8 Å². The maximum Gasteiger partial charge on any atom is 0.319 e. The number of hydrogen-bond acceptors (Lipinski definition) is 11. The quantitative estimate of drug-likeness (QED) is 0.120. The molecule has 0 amide bonds. The van der Waals surface area contributed by atoms with Gasteiger partial charge in [0.2, 0.25) is 0 Å². The Balaban J connectivity index is 1.40. The van der Waals surface area contributed by atoms with Crippen LogP contribution in [-0.2, 0) is 0 Å². The SMILES string of the molecule is C=CC(F)(F)C(c1cccnc1N)N1CCOc2c(Cl)c(-c3ccc(F)c4sc(N)c(C#N)c34)c(F)c3nc(OC[C@@]45CCCN4C[C@H](F)C5)nc1c23. The summed E-state index contributed by atoms with van der Waals surface area (Å²) < 4.78 is 91.6. The Morgan fingerprint density at radius 3 is 2.79 bits per heavy atom. The number of nitrogen functional groups attached to an aromatic ring is 2. The van der Waals surface area contributed by atoms with Crippen molar-refractivity contribution in [3.05, 3.63) is 70.9 Å². The molecule has 6 heterocycles. The number of nitrogens with zero attached hydrogens (tertiary/aromatic N) is 6. The van der Waals surface area contributed by atoms with Gasteiger partial charge in [0, 0.05) is 35.7 Å². The minimum Gasteiger partial charge on any atom is -0.489 e. The van der Waals surface area contributed by atoms with Gasteiger partial charge in [0.15, 0.2) is 11.6 Å². The van der Waals surface area contributed by atoms with Crippen LogP contribution in [0.5, 0.6) is 11.8 Å². The molecule has 3 atom stereocenters. The molecule has 2 aromatic carbocycles. The third kappa shape index (κ3) is 5.47. The third-order valence-electron chi connectivity index (χ3n) is 10.3. The Kier molecular flexibility index (Phi) is 8.51. The number of ether oxygens (including phenoxy) is 2. The van der Waals surface area contributed by atoms with Gasteiger partial charge in [-0.15, -0.1) is 11.3 Å². The fourth-order valence-electron chi connectivity index (χ4n) is 7.99. The molecule has 53 heavy (non-hydrogen) atoms. The molecule has 0 saturated carbocycles. The topological polar surface area (TPSA) is 139 Å². The molecule has 274 valence electrons. The summed E-state index contributed by atoms with van der Waals surface area (Å²) in [5.74, 6) is -5.92. The van der Waals surface area contributed by atoms with Crippen molar-refractivity contribution in [2.24, 2.45) is 0 Å². The molecule has 5 aromatic rings. The van der Waals surface area contributed by atoms with Crippen LogP contribution in [0.2, 0.25) is 5.02 Å². The van der Waals surface area contributed by atoms with Gasteiger partial charge in [0.1, 0.15) is 59.5 Å². The second kappa shape index (κ2) is 12.9. The van der Waals surface area contributed by atoms with Crippen molar-refractivity contribution in [3.63, 3.8) is 0 Å². The highest BCUT2D eigenvalue weighted by atomic mass is 35.5. The van der Waals surface area contributed by atoms with Gasteiger partial charge in [-0.2, -0.15) is 24.0 Å². The van der Waals surface area contributed by atoms with E-state index in [2.05, 4.69) is 21.5 Å². The number of thiophene rings is 1. The molecule has 1 unspecified atom stereocenters. The van der Waals surface area contributed by atoms with Crippen molar-refractivity contribution in [2.75, 3.05) is 49.2 Å². The highest BCUT2D eigenvalue weighted by Gasteiger charge is 2.50. The summed E-state index contributed by atoms with van der Waals surface area (Å²) in [7, 11) is 0. The third-order valence-corrected chi connectivity index (χ3v) is 11.7. The van der Waals surface area contributed by atoms with Crippen LogP contribution in [0.15, 0.2) is 43.1 Å². The predicted octanol–water partition coefficient (Wildman–Crippen LogP) is 7.59. The van der Waals surface area contributed by atoms with Crippen molar-refractivity contribution >= 4 is 60.6 Å². The van der Waals surface area contributed by atoms with Crippen LogP contribution in [-0.4, -0.2) is 70.3 Å². The number of aromatic nitrogens is 3. The maximum atomic E-state index is 17.4. The van der Waals surface area contributed by atoms with E-state index in [1.165, 1.54) is 29.3 Å². The fourth-order valence-corrected chi connectivity index (χ4v) is 9.28. The lowest BCUT2D eigenvalue weighted by Crippen LogP contribution is -2.44. The molecule has 0 spiro atoms. The van der Waals surface area contributed by atoms with E-state index in [4.69, 9.17) is 32.5 Å². The summed E-state index contributed by atoms with van der Waals surface area (Å²) in [4.78, 5) is 16.3. The van der Waals surface area contributed by atoms with Crippen molar-refractivity contribution in [3.8, 4) is 29.0 Å². The zero-order valence-electron chi connectivity index (χ0n) is 27.8. The molecule has 10 nitrogen and oxygen atoms in total. The van der Waals surface area contributed by atoms with E-state index in [1.54, 1.807) is 0 Å². The van der Waals surface area contributed by atoms with Gasteiger partial charge in [-0.25, -0.2) is 18.2 Å². The van der Waals surface area contributed by atoms with Crippen molar-refractivity contribution in [1.29, 1.82) is 5.26 Å². The summed E-state index contributed by atoms with van der Waals surface area (Å²) in [5.41, 5.74) is 10.8. The van der Waals surface area contributed by atoms with E-state index >= 15 is 17.6 Å². The Hall–Kier alpha value is -4.98. The normalized spacial score (nSPS) is 20.6. The van der Waals surface area contributed by atoms with Gasteiger partial charge in [0.25, 0.3) is 5.92 Å². The number of benzene rings is 2. The summed E-state index contributed by atoms with van der Waals surface area (Å²) in [6.45, 7) is 3.74. The van der Waals surface area contributed by atoms with E-state index in [0.717, 1.165) is 23.8 Å². The summed E-state index contributed by atoms with van der Waals surface area (Å²) >= 11 is 7.81. The molecule has 0 bridgehead atoms. The van der Waals surface area contributed by atoms with Crippen LogP contribution in [0.1, 0.15) is 36.4 Å². The second-order valence-corrected chi connectivity index (χ2v) is 14.7. The van der Waals surface area contributed by atoms with Crippen LogP contribution in [0.4, 0.5) is 38.6 Å². The monoisotopic (exact) mass is 768 g/mol. The van der Waals surface area contributed by atoms with Crippen molar-refractivity contribution < 1.29 is 31.4 Å². The summed E-state index contributed by atoms with van der Waals surface area (Å²) in [6, 6.07) is 4.94. The molecule has 0 aliphatic carbocycles. The molecule has 8 rings (SSSR count). The number of pyridine rings is 1. The van der Waals surface area contributed by atoms with E-state index in [0.29, 0.717) is 19.0 Å². The average Bonchev–Trinajstić information content (AvgIpc) is 3.74. The molecule has 3 aliphatic rings. The van der Waals surface area contributed by atoms with Crippen molar-refractivity contribution in [1.82, 2.24) is 19.9 Å². The van der Waals surface area contributed by atoms with Crippen molar-refractivity contribution in [2.45, 2.75) is 42.9 Å². The number of hydrogen-bond donors (Lipinski definition) is 2. The second-order valence-electron chi connectivity index (χ2n) is 13.3. The Morgan fingerprint density at radius 1 is 1.23 bits per heavy atom. The number of halogens is 6. The number of nitriles is 1. The van der Waals surface area contributed by atoms with Gasteiger partial charge in [-0.3, -0.25) is 4.90 Å². The molecule has 3 aromatic heterocycles. The molecular formula is C36H30ClF5N8O2S. The highest BCUT2D eigenvalue weighted by molar-refractivity contribution is 7.23. The maximum absolute atomic E-state index is 17.4. The zero-order valence-corrected chi connectivity index (χ0v) is 29.4. The minimum atomic E-state index is -3.65. The van der Waals surface area contributed by atoms with Crippen LogP contribution in [0.3, 0.4) is 0 Å². The minimum absolute atomic E-state index is 0.00383. The first kappa shape index (κ1) is 35.1. The number of fused-ring (bicyclic) bond motifs is 2. The van der Waals surface area contributed by atoms with Crippen LogP contribution < -0.4 is 25.8 Å². The number of rotatable bonds is 8. The van der Waals surface area contributed by atoms with Gasteiger partial charge in [-0.05, 0) is 43.2 Å². The van der Waals surface area contributed by atoms with Gasteiger partial charge in [-0.1, -0.05) is 30.3 Å². The molecule has 3 aliphatic heterocycles. The van der Waals surface area contributed by atoms with Gasteiger partial charge in [0.05, 0.1) is 32.8 Å². The average molecular weight is 769 g/mol. The number of anilines is 3. The first-order valence-corrected chi connectivity index (χ1v) is 17.9. The lowest BCUT2D eigenvalue weighted by atomic mass is 9.95. The molecule has 2 saturated heterocycles. The van der Waals surface area contributed by atoms with Crippen LogP contribution in [0, 0.1) is 23.0 Å². The van der Waals surface area contributed by atoms with Crippen LogP contribution in [0.25, 0.3) is 32.1 Å². The Morgan fingerprint density at radius 2 is 2.04 bits per heavy atom. The summed E-state index contributed by atoms with van der Waals surface area (Å²) in [6.07, 6.45) is 2.44. The molecule has 2 fully saturated rings. The Labute approximate surface area is 308 Å². The lowest BCUT2D eigenvalue weighted by Gasteiger charge is -2.36. The smallest absolute Gasteiger partial charge is 0.319 e. The van der Waals surface area contributed by atoms with E-state index in [9.17, 15) is 9.65 Å². The fraction of sp³-hybridized carbons (Fsp3) is 0.333. The predicted molar refractivity (Wildman–Crippen MR) is 192 cm³/mol. The first-order chi connectivity index (χ1) is 25.4. The number of alkyl halides is 3. The first-order valence-electron chi connectivity index (χ1n) is 16.7. The molecule has 0 radical (unpaired) electrons. The highest BCUT2D eigenvalue weighted by Crippen LogP contribution is 2.53.